The summed E-state index contributed by atoms with van der Waals surface area (Å²) in [4.78, 5) is 22.9. The average molecular weight is 246 g/mol. The number of hydrogen-bond acceptors (Lipinski definition) is 5. The first kappa shape index (κ1) is 12.2. The minimum absolute atomic E-state index is 0.254. The molecule has 0 bridgehead atoms. The molecule has 0 aliphatic carbocycles. The van der Waals surface area contributed by atoms with Crippen molar-refractivity contribution in [3.63, 3.8) is 0 Å². The molecule has 5 nitrogen and oxygen atoms in total. The molecule has 0 radical (unpaired) electrons. The third-order valence-electron chi connectivity index (χ3n) is 2.77. The molecule has 94 valence electrons. The second kappa shape index (κ2) is 5.35. The van der Waals surface area contributed by atoms with Gasteiger partial charge >= 0.3 is 0 Å². The molecule has 2 N–H and O–H groups in total. The standard InChI is InChI=1S/C13H14N2O3/c1-9-11(15-7-14-9)12(17)13(18-8-16)10-5-3-2-4-6-10/h2-6,8,13-15H,7H2,1H3. The predicted molar refractivity (Wildman–Crippen MR) is 65.2 cm³/mol. The van der Waals surface area contributed by atoms with Crippen molar-refractivity contribution in [1.29, 1.82) is 0 Å². The van der Waals surface area contributed by atoms with Gasteiger partial charge in [-0.3, -0.25) is 9.59 Å². The van der Waals surface area contributed by atoms with Crippen LogP contribution in [0.4, 0.5) is 0 Å². The van der Waals surface area contributed by atoms with Crippen LogP contribution in [0.15, 0.2) is 41.7 Å². The van der Waals surface area contributed by atoms with E-state index in [0.29, 0.717) is 24.4 Å². The molecule has 1 atom stereocenters. The third kappa shape index (κ3) is 2.34. The molecule has 0 aromatic heterocycles. The van der Waals surface area contributed by atoms with Crippen LogP contribution in [-0.2, 0) is 14.3 Å². The summed E-state index contributed by atoms with van der Waals surface area (Å²) < 4.78 is 4.92. The maximum absolute atomic E-state index is 12.3. The predicted octanol–water partition coefficient (Wildman–Crippen LogP) is 0.852. The van der Waals surface area contributed by atoms with Crippen LogP contribution in [-0.4, -0.2) is 18.9 Å². The molecule has 1 unspecified atom stereocenters. The highest BCUT2D eigenvalue weighted by molar-refractivity contribution is 6.00. The zero-order valence-electron chi connectivity index (χ0n) is 9.97. The number of hydrogen-bond donors (Lipinski definition) is 2. The van der Waals surface area contributed by atoms with Gasteiger partial charge in [0.05, 0.1) is 6.67 Å². The molecule has 0 amide bonds. The van der Waals surface area contributed by atoms with Gasteiger partial charge in [0, 0.05) is 11.3 Å². The number of rotatable bonds is 5. The van der Waals surface area contributed by atoms with Crippen LogP contribution in [0, 0.1) is 0 Å². The van der Waals surface area contributed by atoms with E-state index in [1.54, 1.807) is 31.2 Å². The highest BCUT2D eigenvalue weighted by atomic mass is 16.5. The Kier molecular flexibility index (Phi) is 3.62. The van der Waals surface area contributed by atoms with Crippen molar-refractivity contribution in [3.8, 4) is 0 Å². The van der Waals surface area contributed by atoms with Crippen LogP contribution < -0.4 is 10.6 Å². The van der Waals surface area contributed by atoms with Gasteiger partial charge in [-0.05, 0) is 6.92 Å². The summed E-state index contributed by atoms with van der Waals surface area (Å²) in [5, 5.41) is 5.94. The van der Waals surface area contributed by atoms with E-state index in [4.69, 9.17) is 4.74 Å². The minimum Gasteiger partial charge on any atom is -0.451 e. The number of carbonyl (C=O) groups is 2. The molecule has 1 aromatic carbocycles. The number of Topliss-reactive ketones (excluding diaryl/α,β-unsaturated/α-hetero) is 1. The first-order valence-corrected chi connectivity index (χ1v) is 5.61. The van der Waals surface area contributed by atoms with Gasteiger partial charge in [-0.25, -0.2) is 0 Å². The van der Waals surface area contributed by atoms with E-state index >= 15 is 0 Å². The lowest BCUT2D eigenvalue weighted by molar-refractivity contribution is -0.142. The van der Waals surface area contributed by atoms with Crippen LogP contribution in [0.2, 0.25) is 0 Å². The lowest BCUT2D eigenvalue weighted by Crippen LogP contribution is -2.24. The molecule has 0 fully saturated rings. The van der Waals surface area contributed by atoms with Gasteiger partial charge in [0.1, 0.15) is 5.70 Å². The first-order chi connectivity index (χ1) is 8.74. The minimum atomic E-state index is -0.902. The van der Waals surface area contributed by atoms with E-state index in [2.05, 4.69) is 10.6 Å². The molecular formula is C13H14N2O3. The molecule has 0 saturated carbocycles. The maximum atomic E-state index is 12.3. The van der Waals surface area contributed by atoms with E-state index in [1.165, 1.54) is 0 Å². The van der Waals surface area contributed by atoms with E-state index in [0.717, 1.165) is 5.70 Å². The van der Waals surface area contributed by atoms with Crippen LogP contribution in [0.1, 0.15) is 18.6 Å². The number of ketones is 1. The third-order valence-corrected chi connectivity index (χ3v) is 2.77. The molecule has 0 spiro atoms. The summed E-state index contributed by atoms with van der Waals surface area (Å²) >= 11 is 0. The molecule has 18 heavy (non-hydrogen) atoms. The second-order valence-electron chi connectivity index (χ2n) is 3.92. The van der Waals surface area contributed by atoms with Crippen molar-refractivity contribution in [3.05, 3.63) is 47.3 Å². The van der Waals surface area contributed by atoms with Gasteiger partial charge in [-0.15, -0.1) is 0 Å². The normalized spacial score (nSPS) is 15.6. The van der Waals surface area contributed by atoms with E-state index < -0.39 is 6.10 Å². The average Bonchev–Trinajstić information content (AvgIpc) is 2.82. The van der Waals surface area contributed by atoms with Crippen LogP contribution in [0.25, 0.3) is 0 Å². The summed E-state index contributed by atoms with van der Waals surface area (Å²) in [6, 6.07) is 8.94. The molecule has 5 heteroatoms. The second-order valence-corrected chi connectivity index (χ2v) is 3.92. The molecule has 1 aliphatic rings. The number of ether oxygens (including phenoxy) is 1. The smallest absolute Gasteiger partial charge is 0.294 e. The summed E-state index contributed by atoms with van der Waals surface area (Å²) in [6.07, 6.45) is -0.902. The summed E-state index contributed by atoms with van der Waals surface area (Å²) in [7, 11) is 0. The van der Waals surface area contributed by atoms with E-state index in [9.17, 15) is 9.59 Å². The summed E-state index contributed by atoms with van der Waals surface area (Å²) in [5.41, 5.74) is 1.88. The Balaban J connectivity index is 2.28. The molecule has 0 saturated heterocycles. The van der Waals surface area contributed by atoms with Crippen molar-refractivity contribution in [2.75, 3.05) is 6.67 Å². The fourth-order valence-electron chi connectivity index (χ4n) is 1.86. The molecule has 1 aromatic rings. The number of allylic oxidation sites excluding steroid dienone is 1. The van der Waals surface area contributed by atoms with Gasteiger partial charge in [0.2, 0.25) is 5.78 Å². The van der Waals surface area contributed by atoms with Crippen molar-refractivity contribution >= 4 is 12.3 Å². The Morgan fingerprint density at radius 2 is 2.06 bits per heavy atom. The fourth-order valence-corrected chi connectivity index (χ4v) is 1.86. The highest BCUT2D eigenvalue weighted by Gasteiger charge is 2.28. The molecule has 1 aliphatic heterocycles. The van der Waals surface area contributed by atoms with Gasteiger partial charge in [-0.1, -0.05) is 30.3 Å². The zero-order valence-corrected chi connectivity index (χ0v) is 9.97. The van der Waals surface area contributed by atoms with Crippen molar-refractivity contribution in [2.45, 2.75) is 13.0 Å². The Morgan fingerprint density at radius 3 is 2.61 bits per heavy atom. The zero-order chi connectivity index (χ0) is 13.0. The van der Waals surface area contributed by atoms with Crippen molar-refractivity contribution in [1.82, 2.24) is 10.6 Å². The van der Waals surface area contributed by atoms with Gasteiger partial charge in [0.15, 0.2) is 6.10 Å². The fraction of sp³-hybridized carbons (Fsp3) is 0.231. The van der Waals surface area contributed by atoms with Crippen LogP contribution in [0.3, 0.4) is 0 Å². The van der Waals surface area contributed by atoms with Gasteiger partial charge < -0.3 is 15.4 Å². The van der Waals surface area contributed by atoms with Gasteiger partial charge in [0.25, 0.3) is 6.47 Å². The first-order valence-electron chi connectivity index (χ1n) is 5.61. The maximum Gasteiger partial charge on any atom is 0.294 e. The number of benzene rings is 1. The van der Waals surface area contributed by atoms with Crippen LogP contribution >= 0.6 is 0 Å². The Morgan fingerprint density at radius 1 is 1.33 bits per heavy atom. The number of carbonyl (C=O) groups excluding carboxylic acids is 2. The largest absolute Gasteiger partial charge is 0.451 e. The highest BCUT2D eigenvalue weighted by Crippen LogP contribution is 2.22. The monoisotopic (exact) mass is 246 g/mol. The molecule has 1 heterocycles. The van der Waals surface area contributed by atoms with Crippen LogP contribution in [0.5, 0.6) is 0 Å². The SMILES string of the molecule is CC1=C(C(=O)C(OC=O)c2ccccc2)NCN1. The molecular weight excluding hydrogens is 232 g/mol. The quantitative estimate of drug-likeness (QED) is 0.754. The number of nitrogens with one attached hydrogen (secondary N) is 2. The summed E-state index contributed by atoms with van der Waals surface area (Å²) in [5.74, 6) is -0.254. The lowest BCUT2D eigenvalue weighted by atomic mass is 10.0. The molecule has 2 rings (SSSR count). The van der Waals surface area contributed by atoms with Crippen molar-refractivity contribution < 1.29 is 14.3 Å². The van der Waals surface area contributed by atoms with Crippen molar-refractivity contribution in [2.24, 2.45) is 0 Å². The Labute approximate surface area is 105 Å². The summed E-state index contributed by atoms with van der Waals surface area (Å²) in [6.45, 7) is 2.61. The lowest BCUT2D eigenvalue weighted by Gasteiger charge is -2.15. The van der Waals surface area contributed by atoms with E-state index in [1.807, 2.05) is 6.07 Å². The van der Waals surface area contributed by atoms with Gasteiger partial charge in [-0.2, -0.15) is 0 Å². The topological polar surface area (TPSA) is 67.4 Å². The van der Waals surface area contributed by atoms with E-state index in [-0.39, 0.29) is 5.78 Å². The Hall–Kier alpha value is -2.30. The Bertz CT molecular complexity index is 482.